The van der Waals surface area contributed by atoms with Gasteiger partial charge in [0.25, 0.3) is 0 Å². The Balaban J connectivity index is 1.37. The van der Waals surface area contributed by atoms with Gasteiger partial charge in [-0.15, -0.1) is 0 Å². The van der Waals surface area contributed by atoms with Crippen molar-refractivity contribution in [3.63, 3.8) is 0 Å². The van der Waals surface area contributed by atoms with Crippen LogP contribution in [0.4, 0.5) is 4.79 Å². The van der Waals surface area contributed by atoms with E-state index in [-0.39, 0.29) is 31.3 Å². The Labute approximate surface area is 205 Å². The summed E-state index contributed by atoms with van der Waals surface area (Å²) in [4.78, 5) is 40.8. The lowest BCUT2D eigenvalue weighted by Gasteiger charge is -2.40. The minimum atomic E-state index is -1.02. The SMILES string of the molecule is CCN1CC(CN(C)C(=O)C(CCC(=O)O)NC(=O)OCC2c3ccccc3-c3ccccc32)C1. The summed E-state index contributed by atoms with van der Waals surface area (Å²) in [6.45, 7) is 5.67. The van der Waals surface area contributed by atoms with Crippen LogP contribution >= 0.6 is 0 Å². The summed E-state index contributed by atoms with van der Waals surface area (Å²) in [7, 11) is 1.70. The molecule has 2 aliphatic rings. The molecule has 0 spiro atoms. The van der Waals surface area contributed by atoms with Gasteiger partial charge in [0.1, 0.15) is 12.6 Å². The summed E-state index contributed by atoms with van der Waals surface area (Å²) in [6.07, 6.45) is -0.931. The van der Waals surface area contributed by atoms with Crippen molar-refractivity contribution < 1.29 is 24.2 Å². The fourth-order valence-electron chi connectivity index (χ4n) is 5.10. The second-order valence-corrected chi connectivity index (χ2v) is 9.39. The highest BCUT2D eigenvalue weighted by Crippen LogP contribution is 2.44. The van der Waals surface area contributed by atoms with Gasteiger partial charge < -0.3 is 25.0 Å². The number of carbonyl (C=O) groups is 3. The molecular formula is C27H33N3O5. The molecule has 1 unspecified atom stereocenters. The molecule has 1 fully saturated rings. The number of nitrogens with zero attached hydrogens (tertiary/aromatic N) is 2. The first-order valence-corrected chi connectivity index (χ1v) is 12.2. The third-order valence-electron chi connectivity index (χ3n) is 6.97. The van der Waals surface area contributed by atoms with Crippen LogP contribution in [0.1, 0.15) is 36.8 Å². The van der Waals surface area contributed by atoms with Gasteiger partial charge in [-0.2, -0.15) is 0 Å². The minimum Gasteiger partial charge on any atom is -0.481 e. The summed E-state index contributed by atoms with van der Waals surface area (Å²) in [5.41, 5.74) is 4.46. The van der Waals surface area contributed by atoms with E-state index in [4.69, 9.17) is 9.84 Å². The van der Waals surface area contributed by atoms with Crippen molar-refractivity contribution in [3.05, 3.63) is 59.7 Å². The van der Waals surface area contributed by atoms with Crippen LogP contribution in [-0.4, -0.2) is 78.8 Å². The van der Waals surface area contributed by atoms with Crippen molar-refractivity contribution in [3.8, 4) is 11.1 Å². The highest BCUT2D eigenvalue weighted by Gasteiger charge is 2.32. The van der Waals surface area contributed by atoms with Crippen molar-refractivity contribution >= 4 is 18.0 Å². The number of alkyl carbamates (subject to hydrolysis) is 1. The van der Waals surface area contributed by atoms with E-state index in [0.29, 0.717) is 12.5 Å². The Morgan fingerprint density at radius 3 is 2.26 bits per heavy atom. The molecule has 1 saturated heterocycles. The largest absolute Gasteiger partial charge is 0.481 e. The van der Waals surface area contributed by atoms with Gasteiger partial charge in [0.05, 0.1) is 0 Å². The molecule has 8 heteroatoms. The summed E-state index contributed by atoms with van der Waals surface area (Å²) in [5.74, 6) is -1.02. The molecule has 35 heavy (non-hydrogen) atoms. The summed E-state index contributed by atoms with van der Waals surface area (Å²) in [6, 6.07) is 15.2. The molecule has 2 N–H and O–H groups in total. The van der Waals surface area contributed by atoms with E-state index < -0.39 is 18.1 Å². The quantitative estimate of drug-likeness (QED) is 0.543. The number of benzene rings is 2. The Morgan fingerprint density at radius 2 is 1.69 bits per heavy atom. The zero-order chi connectivity index (χ0) is 24.9. The fraction of sp³-hybridized carbons (Fsp3) is 0.444. The van der Waals surface area contributed by atoms with Gasteiger partial charge in [-0.25, -0.2) is 4.79 Å². The number of carboxylic acid groups (broad SMARTS) is 1. The van der Waals surface area contributed by atoms with Crippen LogP contribution in [0.5, 0.6) is 0 Å². The standard InChI is InChI=1S/C27H33N3O5/c1-3-30-15-18(16-30)14-29(2)26(33)24(12-13-25(31)32)28-27(34)35-17-23-21-10-6-4-8-19(21)20-9-5-7-11-22(20)23/h4-11,18,23-24H,3,12-17H2,1-2H3,(H,28,34)(H,31,32). The van der Waals surface area contributed by atoms with Crippen molar-refractivity contribution in [2.45, 2.75) is 31.7 Å². The second kappa shape index (κ2) is 10.9. The van der Waals surface area contributed by atoms with Gasteiger partial charge >= 0.3 is 12.1 Å². The summed E-state index contributed by atoms with van der Waals surface area (Å²) >= 11 is 0. The highest BCUT2D eigenvalue weighted by molar-refractivity contribution is 5.86. The number of hydrogen-bond acceptors (Lipinski definition) is 5. The van der Waals surface area contributed by atoms with Crippen LogP contribution in [0.2, 0.25) is 0 Å². The Bertz CT molecular complexity index is 1040. The van der Waals surface area contributed by atoms with Gasteiger partial charge in [-0.05, 0) is 35.2 Å². The van der Waals surface area contributed by atoms with Crippen LogP contribution in [0.3, 0.4) is 0 Å². The maximum Gasteiger partial charge on any atom is 0.407 e. The molecule has 2 amide bonds. The van der Waals surface area contributed by atoms with E-state index in [9.17, 15) is 14.4 Å². The molecule has 186 valence electrons. The van der Waals surface area contributed by atoms with E-state index in [2.05, 4.69) is 29.3 Å². The number of carboxylic acids is 1. The van der Waals surface area contributed by atoms with Gasteiger partial charge in [0, 0.05) is 44.9 Å². The maximum atomic E-state index is 13.1. The van der Waals surface area contributed by atoms with Gasteiger partial charge in [0.15, 0.2) is 0 Å². The normalized spacial score (nSPS) is 16.1. The number of likely N-dealkylation sites (N-methyl/N-ethyl adjacent to an activating group) is 1. The van der Waals surface area contributed by atoms with Crippen LogP contribution in [0.15, 0.2) is 48.5 Å². The number of nitrogens with one attached hydrogen (secondary N) is 1. The first kappa shape index (κ1) is 24.7. The van der Waals surface area contributed by atoms with Gasteiger partial charge in [-0.1, -0.05) is 55.5 Å². The van der Waals surface area contributed by atoms with Crippen LogP contribution in [0, 0.1) is 5.92 Å². The number of ether oxygens (including phenoxy) is 1. The van der Waals surface area contributed by atoms with E-state index >= 15 is 0 Å². The Kier molecular flexibility index (Phi) is 7.70. The average Bonchev–Trinajstić information content (AvgIpc) is 3.15. The Hall–Kier alpha value is -3.39. The van der Waals surface area contributed by atoms with Crippen molar-refractivity contribution in [1.29, 1.82) is 0 Å². The number of amides is 2. The molecule has 0 aromatic heterocycles. The second-order valence-electron chi connectivity index (χ2n) is 9.39. The molecule has 8 nitrogen and oxygen atoms in total. The molecular weight excluding hydrogens is 446 g/mol. The average molecular weight is 480 g/mol. The molecule has 4 rings (SSSR count). The first-order valence-electron chi connectivity index (χ1n) is 12.2. The van der Waals surface area contributed by atoms with Crippen LogP contribution in [0.25, 0.3) is 11.1 Å². The molecule has 2 aromatic carbocycles. The summed E-state index contributed by atoms with van der Waals surface area (Å²) in [5, 5.41) is 11.8. The number of likely N-dealkylation sites (tertiary alicyclic amines) is 1. The molecule has 1 aliphatic heterocycles. The first-order chi connectivity index (χ1) is 16.9. The minimum absolute atomic E-state index is 0.00839. The zero-order valence-electron chi connectivity index (χ0n) is 20.3. The predicted octanol–water partition coefficient (Wildman–Crippen LogP) is 3.17. The number of rotatable bonds is 10. The molecule has 0 saturated carbocycles. The van der Waals surface area contributed by atoms with Crippen LogP contribution in [-0.2, 0) is 14.3 Å². The van der Waals surface area contributed by atoms with Crippen molar-refractivity contribution in [2.24, 2.45) is 5.92 Å². The maximum absolute atomic E-state index is 13.1. The molecule has 1 aliphatic carbocycles. The lowest BCUT2D eigenvalue weighted by Crippen LogP contribution is -2.54. The van der Waals surface area contributed by atoms with Crippen LogP contribution < -0.4 is 5.32 Å². The zero-order valence-corrected chi connectivity index (χ0v) is 20.3. The third kappa shape index (κ3) is 5.65. The molecule has 1 atom stereocenters. The van der Waals surface area contributed by atoms with E-state index in [1.165, 1.54) is 0 Å². The smallest absolute Gasteiger partial charge is 0.407 e. The van der Waals surface area contributed by atoms with Gasteiger partial charge in [0.2, 0.25) is 5.91 Å². The predicted molar refractivity (Wildman–Crippen MR) is 132 cm³/mol. The number of hydrogen-bond donors (Lipinski definition) is 2. The summed E-state index contributed by atoms with van der Waals surface area (Å²) < 4.78 is 5.57. The van der Waals surface area contributed by atoms with Crippen molar-refractivity contribution in [1.82, 2.24) is 15.1 Å². The fourth-order valence-corrected chi connectivity index (χ4v) is 5.10. The molecule has 0 radical (unpaired) electrons. The lowest BCUT2D eigenvalue weighted by molar-refractivity contribution is -0.138. The van der Waals surface area contributed by atoms with E-state index in [1.54, 1.807) is 11.9 Å². The monoisotopic (exact) mass is 479 g/mol. The molecule has 2 aromatic rings. The topological polar surface area (TPSA) is 99.2 Å². The van der Waals surface area contributed by atoms with E-state index in [0.717, 1.165) is 41.9 Å². The molecule has 0 bridgehead atoms. The Morgan fingerprint density at radius 1 is 1.09 bits per heavy atom. The van der Waals surface area contributed by atoms with Gasteiger partial charge in [-0.3, -0.25) is 9.59 Å². The van der Waals surface area contributed by atoms with Crippen molar-refractivity contribution in [2.75, 3.05) is 39.8 Å². The molecule has 1 heterocycles. The highest BCUT2D eigenvalue weighted by atomic mass is 16.5. The number of aliphatic carboxylic acids is 1. The lowest BCUT2D eigenvalue weighted by atomic mass is 9.98. The number of carbonyl (C=O) groups excluding carboxylic acids is 2. The number of fused-ring (bicyclic) bond motifs is 3. The third-order valence-corrected chi connectivity index (χ3v) is 6.97. The van der Waals surface area contributed by atoms with E-state index in [1.807, 2.05) is 36.4 Å².